The minimum absolute atomic E-state index is 0.0665. The molecule has 0 saturated heterocycles. The number of carbonyl (C=O) groups is 1. The molecule has 1 atom stereocenters. The zero-order chi connectivity index (χ0) is 21.6. The van der Waals surface area contributed by atoms with Gasteiger partial charge in [0, 0.05) is 18.3 Å². The summed E-state index contributed by atoms with van der Waals surface area (Å²) in [5.41, 5.74) is 3.97. The first-order chi connectivity index (χ1) is 15.2. The molecule has 0 bridgehead atoms. The third-order valence-corrected chi connectivity index (χ3v) is 5.66. The summed E-state index contributed by atoms with van der Waals surface area (Å²) in [4.78, 5) is 13.2. The number of nitrogens with one attached hydrogen (secondary N) is 2. The molecule has 4 rings (SSSR count). The minimum Gasteiger partial charge on any atom is -0.488 e. The lowest BCUT2D eigenvalue weighted by Crippen LogP contribution is -2.26. The van der Waals surface area contributed by atoms with Gasteiger partial charge in [-0.2, -0.15) is 0 Å². The molecule has 3 N–H and O–H groups in total. The van der Waals surface area contributed by atoms with E-state index in [0.717, 1.165) is 35.3 Å². The van der Waals surface area contributed by atoms with Crippen molar-refractivity contribution in [3.63, 3.8) is 0 Å². The Hall–Kier alpha value is -3.00. The number of hydrogen-bond donors (Lipinski definition) is 3. The molecule has 160 valence electrons. The number of hydrogen-bond acceptors (Lipinski definition) is 7. The van der Waals surface area contributed by atoms with Crippen molar-refractivity contribution in [2.75, 3.05) is 11.9 Å². The van der Waals surface area contributed by atoms with Crippen molar-refractivity contribution in [2.24, 2.45) is 0 Å². The zero-order valence-electron chi connectivity index (χ0n) is 17.1. The van der Waals surface area contributed by atoms with Gasteiger partial charge in [-0.3, -0.25) is 0 Å². The second kappa shape index (κ2) is 9.87. The Balaban J connectivity index is 1.72. The van der Waals surface area contributed by atoms with Gasteiger partial charge in [0.25, 0.3) is 0 Å². The second-order valence-electron chi connectivity index (χ2n) is 7.29. The molecular formula is C24H24N2O4S. The first-order valence-corrected chi connectivity index (χ1v) is 10.9. The third-order valence-electron chi connectivity index (χ3n) is 5.27. The standard InChI is InChI=1S/C24H24N2O4S/c1-16-22(24(27)30-18-10-6-3-7-11-18)21(29-15-17-8-4-2-5-9-17)14-19-20(26-31-28)12-13-25-23(16)19/h2-11,14,20,25-26,28H,12-13,15H2,1H3. The molecule has 0 spiro atoms. The van der Waals surface area contributed by atoms with Crippen LogP contribution >= 0.6 is 12.2 Å². The molecule has 0 amide bonds. The van der Waals surface area contributed by atoms with Crippen LogP contribution in [0.2, 0.25) is 0 Å². The SMILES string of the molecule is Cc1c2c(cc(OCc3ccccc3)c1C(=O)Oc1ccccc1)C(NSO)CCN2. The molecule has 3 aromatic rings. The van der Waals surface area contributed by atoms with Crippen molar-refractivity contribution in [1.29, 1.82) is 0 Å². The van der Waals surface area contributed by atoms with Crippen LogP contribution in [-0.2, 0) is 6.61 Å². The van der Waals surface area contributed by atoms with Crippen LogP contribution in [0.5, 0.6) is 11.5 Å². The Morgan fingerprint density at radius 1 is 1.16 bits per heavy atom. The van der Waals surface area contributed by atoms with Gasteiger partial charge in [-0.05, 0) is 48.2 Å². The summed E-state index contributed by atoms with van der Waals surface area (Å²) in [7, 11) is 0. The number of benzene rings is 3. The molecule has 0 saturated carbocycles. The van der Waals surface area contributed by atoms with Crippen LogP contribution in [-0.4, -0.2) is 17.1 Å². The highest BCUT2D eigenvalue weighted by Crippen LogP contribution is 2.40. The van der Waals surface area contributed by atoms with E-state index in [1.165, 1.54) is 0 Å². The van der Waals surface area contributed by atoms with E-state index in [0.29, 0.717) is 35.9 Å². The molecule has 1 aliphatic heterocycles. The highest BCUT2D eigenvalue weighted by Gasteiger charge is 2.28. The highest BCUT2D eigenvalue weighted by atomic mass is 32.2. The molecule has 6 nitrogen and oxygen atoms in total. The molecule has 7 heteroatoms. The van der Waals surface area contributed by atoms with Gasteiger partial charge >= 0.3 is 5.97 Å². The fourth-order valence-corrected chi connectivity index (χ4v) is 4.13. The Morgan fingerprint density at radius 3 is 2.58 bits per heavy atom. The molecule has 1 heterocycles. The van der Waals surface area contributed by atoms with Crippen LogP contribution in [0, 0.1) is 6.92 Å². The monoisotopic (exact) mass is 436 g/mol. The van der Waals surface area contributed by atoms with Crippen molar-refractivity contribution in [3.05, 3.63) is 89.0 Å². The summed E-state index contributed by atoms with van der Waals surface area (Å²) in [5, 5.41) is 3.39. The maximum atomic E-state index is 13.2. The van der Waals surface area contributed by atoms with E-state index in [1.54, 1.807) is 12.1 Å². The smallest absolute Gasteiger partial charge is 0.347 e. The average molecular weight is 437 g/mol. The van der Waals surface area contributed by atoms with Crippen molar-refractivity contribution >= 4 is 23.9 Å². The van der Waals surface area contributed by atoms with E-state index in [4.69, 9.17) is 9.47 Å². The van der Waals surface area contributed by atoms with E-state index in [9.17, 15) is 9.35 Å². The van der Waals surface area contributed by atoms with Crippen molar-refractivity contribution in [1.82, 2.24) is 4.72 Å². The molecule has 3 aromatic carbocycles. The van der Waals surface area contributed by atoms with Crippen LogP contribution in [0.25, 0.3) is 0 Å². The predicted octanol–water partition coefficient (Wildman–Crippen LogP) is 5.36. The maximum absolute atomic E-state index is 13.2. The lowest BCUT2D eigenvalue weighted by molar-refractivity contribution is 0.0729. The summed E-state index contributed by atoms with van der Waals surface area (Å²) >= 11 is 0.596. The Labute approximate surface area is 185 Å². The van der Waals surface area contributed by atoms with Crippen LogP contribution in [0.15, 0.2) is 66.7 Å². The normalized spacial score (nSPS) is 15.0. The number of rotatable bonds is 7. The van der Waals surface area contributed by atoms with Crippen molar-refractivity contribution < 1.29 is 18.8 Å². The first kappa shape index (κ1) is 21.2. The number of carbonyl (C=O) groups excluding carboxylic acids is 1. The molecule has 0 fully saturated rings. The minimum atomic E-state index is -0.469. The van der Waals surface area contributed by atoms with Gasteiger partial charge in [0.05, 0.1) is 12.2 Å². The number of para-hydroxylation sites is 1. The van der Waals surface area contributed by atoms with Gasteiger partial charge in [-0.25, -0.2) is 9.52 Å². The number of anilines is 1. The predicted molar refractivity (Wildman–Crippen MR) is 123 cm³/mol. The van der Waals surface area contributed by atoms with E-state index in [-0.39, 0.29) is 6.04 Å². The molecular weight excluding hydrogens is 412 g/mol. The molecule has 31 heavy (non-hydrogen) atoms. The van der Waals surface area contributed by atoms with E-state index < -0.39 is 5.97 Å². The fourth-order valence-electron chi connectivity index (χ4n) is 3.75. The summed E-state index contributed by atoms with van der Waals surface area (Å²) in [5.74, 6) is 0.463. The second-order valence-corrected chi connectivity index (χ2v) is 7.71. The van der Waals surface area contributed by atoms with Gasteiger partial charge < -0.3 is 19.3 Å². The summed E-state index contributed by atoms with van der Waals surface area (Å²) in [6.45, 7) is 2.94. The molecule has 0 radical (unpaired) electrons. The number of esters is 1. The number of fused-ring (bicyclic) bond motifs is 1. The van der Waals surface area contributed by atoms with Gasteiger partial charge in [0.2, 0.25) is 0 Å². The van der Waals surface area contributed by atoms with Gasteiger partial charge in [-0.1, -0.05) is 48.5 Å². The van der Waals surface area contributed by atoms with Crippen molar-refractivity contribution in [3.8, 4) is 11.5 Å². The summed E-state index contributed by atoms with van der Waals surface area (Å²) in [6.07, 6.45) is 0.798. The number of ether oxygens (including phenoxy) is 2. The highest BCUT2D eigenvalue weighted by molar-refractivity contribution is 7.91. The van der Waals surface area contributed by atoms with E-state index >= 15 is 0 Å². The van der Waals surface area contributed by atoms with Crippen LogP contribution in [0.4, 0.5) is 5.69 Å². The van der Waals surface area contributed by atoms with Gasteiger partial charge in [0.1, 0.15) is 23.7 Å². The zero-order valence-corrected chi connectivity index (χ0v) is 17.9. The average Bonchev–Trinajstić information content (AvgIpc) is 2.80. The lowest BCUT2D eigenvalue weighted by atomic mass is 9.92. The van der Waals surface area contributed by atoms with Gasteiger partial charge in [-0.15, -0.1) is 0 Å². The quantitative estimate of drug-likeness (QED) is 0.199. The van der Waals surface area contributed by atoms with Crippen molar-refractivity contribution in [2.45, 2.75) is 26.0 Å². The maximum Gasteiger partial charge on any atom is 0.347 e. The lowest BCUT2D eigenvalue weighted by Gasteiger charge is -2.29. The van der Waals surface area contributed by atoms with Crippen LogP contribution < -0.4 is 19.5 Å². The largest absolute Gasteiger partial charge is 0.488 e. The topological polar surface area (TPSA) is 79.8 Å². The third kappa shape index (κ3) is 4.85. The molecule has 0 aromatic heterocycles. The van der Waals surface area contributed by atoms with Crippen LogP contribution in [0.1, 0.15) is 39.5 Å². The molecule has 1 aliphatic rings. The van der Waals surface area contributed by atoms with Crippen LogP contribution in [0.3, 0.4) is 0 Å². The Kier molecular flexibility index (Phi) is 6.76. The fraction of sp³-hybridized carbons (Fsp3) is 0.208. The molecule has 0 aliphatic carbocycles. The summed E-state index contributed by atoms with van der Waals surface area (Å²) < 4.78 is 24.1. The molecule has 1 unspecified atom stereocenters. The first-order valence-electron chi connectivity index (χ1n) is 10.1. The van der Waals surface area contributed by atoms with E-state index in [1.807, 2.05) is 61.5 Å². The van der Waals surface area contributed by atoms with E-state index in [2.05, 4.69) is 10.0 Å². The Bertz CT molecular complexity index is 1040. The summed E-state index contributed by atoms with van der Waals surface area (Å²) in [6, 6.07) is 20.6. The van der Waals surface area contributed by atoms with Gasteiger partial charge in [0.15, 0.2) is 0 Å². The Morgan fingerprint density at radius 2 is 1.87 bits per heavy atom.